The highest BCUT2D eigenvalue weighted by atomic mass is 32.1. The normalized spacial score (nSPS) is 11.0. The molecule has 8 heteroatoms. The number of fused-ring (bicyclic) bond motifs is 1. The lowest BCUT2D eigenvalue weighted by Crippen LogP contribution is -2.27. The Kier molecular flexibility index (Phi) is 5.17. The minimum Gasteiger partial charge on any atom is -0.497 e. The third-order valence-corrected chi connectivity index (χ3v) is 5.85. The number of carbonyl (C=O) groups is 1. The highest BCUT2D eigenvalue weighted by molar-refractivity contribution is 7.15. The number of hydrogen-bond donors (Lipinski definition) is 1. The first-order chi connectivity index (χ1) is 13.2. The number of thiophene rings is 1. The Labute approximate surface area is 164 Å². The van der Waals surface area contributed by atoms with Gasteiger partial charge in [-0.25, -0.2) is 4.52 Å². The van der Waals surface area contributed by atoms with Gasteiger partial charge in [0.15, 0.2) is 5.82 Å². The van der Waals surface area contributed by atoms with Gasteiger partial charge in [0.1, 0.15) is 5.75 Å². The molecule has 0 saturated carbocycles. The summed E-state index contributed by atoms with van der Waals surface area (Å²) >= 11 is 3.19. The Hall–Kier alpha value is -2.71. The average molecular weight is 399 g/mol. The number of thiazole rings is 1. The Morgan fingerprint density at radius 3 is 2.81 bits per heavy atom. The maximum absolute atomic E-state index is 12.1. The molecule has 1 aromatic carbocycles. The third-order valence-electron chi connectivity index (χ3n) is 4.12. The number of benzene rings is 1. The van der Waals surface area contributed by atoms with Gasteiger partial charge in [0.2, 0.25) is 10.9 Å². The highest BCUT2D eigenvalue weighted by Crippen LogP contribution is 2.24. The zero-order valence-electron chi connectivity index (χ0n) is 14.7. The van der Waals surface area contributed by atoms with Gasteiger partial charge in [0.25, 0.3) is 0 Å². The van der Waals surface area contributed by atoms with E-state index in [1.54, 1.807) is 29.8 Å². The molecular weight excluding hydrogens is 380 g/mol. The van der Waals surface area contributed by atoms with Crippen molar-refractivity contribution in [3.8, 4) is 16.5 Å². The third kappa shape index (κ3) is 4.01. The largest absolute Gasteiger partial charge is 0.497 e. The number of aromatic nitrogens is 3. The zero-order valence-corrected chi connectivity index (χ0v) is 16.3. The molecule has 4 aromatic rings. The number of nitrogens with zero attached hydrogens (tertiary/aromatic N) is 3. The van der Waals surface area contributed by atoms with Crippen LogP contribution < -0.4 is 10.1 Å². The van der Waals surface area contributed by atoms with Gasteiger partial charge in [0.05, 0.1) is 24.1 Å². The summed E-state index contributed by atoms with van der Waals surface area (Å²) in [6, 6.07) is 11.5. The lowest BCUT2D eigenvalue weighted by Gasteiger charge is -2.06. The van der Waals surface area contributed by atoms with Gasteiger partial charge < -0.3 is 10.1 Å². The molecular formula is C19H18N4O2S2. The summed E-state index contributed by atoms with van der Waals surface area (Å²) < 4.78 is 7.00. The second-order valence-electron chi connectivity index (χ2n) is 5.96. The summed E-state index contributed by atoms with van der Waals surface area (Å²) in [5.74, 6) is 1.54. The predicted octanol–water partition coefficient (Wildman–Crippen LogP) is 3.43. The number of nitrogens with one attached hydrogen (secondary N) is 1. The minimum atomic E-state index is 0.00417. The van der Waals surface area contributed by atoms with Gasteiger partial charge in [-0.15, -0.1) is 27.8 Å². The van der Waals surface area contributed by atoms with Crippen molar-refractivity contribution < 1.29 is 9.53 Å². The van der Waals surface area contributed by atoms with Crippen molar-refractivity contribution in [1.82, 2.24) is 19.9 Å². The Balaban J connectivity index is 1.33. The second-order valence-corrected chi connectivity index (χ2v) is 7.74. The fourth-order valence-corrected chi connectivity index (χ4v) is 4.24. The molecule has 3 heterocycles. The molecule has 0 fully saturated rings. The molecule has 0 spiro atoms. The molecule has 1 N–H and O–H groups in total. The SMILES string of the molecule is COc1ccc(CC(=O)NCCc2csc3nc(-c4cccs4)nn23)cc1. The van der Waals surface area contributed by atoms with Crippen LogP contribution in [0.15, 0.2) is 47.2 Å². The number of amides is 1. The van der Waals surface area contributed by atoms with Gasteiger partial charge in [-0.05, 0) is 29.1 Å². The van der Waals surface area contributed by atoms with Crippen molar-refractivity contribution >= 4 is 33.5 Å². The van der Waals surface area contributed by atoms with Crippen LogP contribution in [0.5, 0.6) is 5.75 Å². The molecule has 138 valence electrons. The lowest BCUT2D eigenvalue weighted by molar-refractivity contribution is -0.120. The van der Waals surface area contributed by atoms with Crippen molar-refractivity contribution in [3.63, 3.8) is 0 Å². The van der Waals surface area contributed by atoms with E-state index in [9.17, 15) is 4.79 Å². The summed E-state index contributed by atoms with van der Waals surface area (Å²) in [5, 5.41) is 11.6. The van der Waals surface area contributed by atoms with Crippen molar-refractivity contribution in [1.29, 1.82) is 0 Å². The summed E-state index contributed by atoms with van der Waals surface area (Å²) in [4.78, 5) is 18.7. The van der Waals surface area contributed by atoms with Gasteiger partial charge in [-0.3, -0.25) is 4.79 Å². The van der Waals surface area contributed by atoms with E-state index in [1.165, 1.54) is 0 Å². The van der Waals surface area contributed by atoms with Crippen LogP contribution in [-0.2, 0) is 17.6 Å². The number of hydrogen-bond acceptors (Lipinski definition) is 6. The topological polar surface area (TPSA) is 68.5 Å². The molecule has 0 atom stereocenters. The maximum atomic E-state index is 12.1. The van der Waals surface area contributed by atoms with E-state index in [0.717, 1.165) is 32.7 Å². The van der Waals surface area contributed by atoms with E-state index in [-0.39, 0.29) is 5.91 Å². The Morgan fingerprint density at radius 2 is 2.07 bits per heavy atom. The first-order valence-corrected chi connectivity index (χ1v) is 10.3. The molecule has 0 radical (unpaired) electrons. The van der Waals surface area contributed by atoms with Crippen molar-refractivity contribution in [2.45, 2.75) is 12.8 Å². The van der Waals surface area contributed by atoms with E-state index in [4.69, 9.17) is 4.74 Å². The smallest absolute Gasteiger partial charge is 0.224 e. The Bertz CT molecular complexity index is 1040. The van der Waals surface area contributed by atoms with Crippen LogP contribution in [-0.4, -0.2) is 34.2 Å². The second kappa shape index (κ2) is 7.89. The standard InChI is InChI=1S/C19H18N4O2S2/c1-25-15-6-4-13(5-7-15)11-17(24)20-9-8-14-12-27-19-21-18(22-23(14)19)16-3-2-10-26-16/h2-7,10,12H,8-9,11H2,1H3,(H,20,24). The Morgan fingerprint density at radius 1 is 1.22 bits per heavy atom. The molecule has 0 aliphatic rings. The first-order valence-electron chi connectivity index (χ1n) is 8.49. The summed E-state index contributed by atoms with van der Waals surface area (Å²) in [6.45, 7) is 0.565. The fraction of sp³-hybridized carbons (Fsp3) is 0.211. The molecule has 1 amide bonds. The quantitative estimate of drug-likeness (QED) is 0.518. The van der Waals surface area contributed by atoms with Crippen LogP contribution in [0.3, 0.4) is 0 Å². The summed E-state index contributed by atoms with van der Waals surface area (Å²) in [5.41, 5.74) is 2.01. The van der Waals surface area contributed by atoms with Crippen LogP contribution in [0.4, 0.5) is 0 Å². The molecule has 0 saturated heterocycles. The predicted molar refractivity (Wildman–Crippen MR) is 108 cm³/mol. The minimum absolute atomic E-state index is 0.00417. The highest BCUT2D eigenvalue weighted by Gasteiger charge is 2.12. The van der Waals surface area contributed by atoms with Crippen LogP contribution in [0.2, 0.25) is 0 Å². The molecule has 0 unspecified atom stereocenters. The van der Waals surface area contributed by atoms with Gasteiger partial charge >= 0.3 is 0 Å². The van der Waals surface area contributed by atoms with Crippen LogP contribution in [0.1, 0.15) is 11.3 Å². The van der Waals surface area contributed by atoms with Crippen LogP contribution in [0, 0.1) is 0 Å². The van der Waals surface area contributed by atoms with Crippen molar-refractivity contribution in [2.75, 3.05) is 13.7 Å². The number of rotatable bonds is 7. The van der Waals surface area contributed by atoms with Gasteiger partial charge in [0, 0.05) is 18.3 Å². The van der Waals surface area contributed by atoms with E-state index >= 15 is 0 Å². The van der Waals surface area contributed by atoms with Crippen molar-refractivity contribution in [3.05, 3.63) is 58.4 Å². The van der Waals surface area contributed by atoms with Gasteiger partial charge in [-0.1, -0.05) is 18.2 Å². The molecule has 3 aromatic heterocycles. The van der Waals surface area contributed by atoms with Crippen molar-refractivity contribution in [2.24, 2.45) is 0 Å². The van der Waals surface area contributed by atoms with Gasteiger partial charge in [-0.2, -0.15) is 4.98 Å². The zero-order chi connectivity index (χ0) is 18.6. The van der Waals surface area contributed by atoms with E-state index in [2.05, 4.69) is 15.4 Å². The molecule has 0 bridgehead atoms. The first kappa shape index (κ1) is 17.7. The van der Waals surface area contributed by atoms with E-state index in [1.807, 2.05) is 51.7 Å². The van der Waals surface area contributed by atoms with E-state index < -0.39 is 0 Å². The van der Waals surface area contributed by atoms with Crippen LogP contribution in [0.25, 0.3) is 15.7 Å². The van der Waals surface area contributed by atoms with E-state index in [0.29, 0.717) is 19.4 Å². The lowest BCUT2D eigenvalue weighted by atomic mass is 10.1. The molecule has 4 rings (SSSR count). The number of carbonyl (C=O) groups excluding carboxylic acids is 1. The monoisotopic (exact) mass is 398 g/mol. The number of ether oxygens (including phenoxy) is 1. The molecule has 0 aliphatic heterocycles. The number of methoxy groups -OCH3 is 1. The average Bonchev–Trinajstić information content (AvgIpc) is 3.40. The molecule has 6 nitrogen and oxygen atoms in total. The molecule has 0 aliphatic carbocycles. The van der Waals surface area contributed by atoms with Crippen LogP contribution >= 0.6 is 22.7 Å². The fourth-order valence-electron chi connectivity index (χ4n) is 2.73. The maximum Gasteiger partial charge on any atom is 0.224 e. The molecule has 27 heavy (non-hydrogen) atoms. The summed E-state index contributed by atoms with van der Waals surface area (Å²) in [7, 11) is 1.63. The summed E-state index contributed by atoms with van der Waals surface area (Å²) in [6.07, 6.45) is 1.07.